The molecule has 0 bridgehead atoms. The van der Waals surface area contributed by atoms with E-state index >= 15 is 0 Å². The summed E-state index contributed by atoms with van der Waals surface area (Å²) in [5, 5.41) is 7.65. The van der Waals surface area contributed by atoms with Crippen molar-refractivity contribution in [3.8, 4) is 0 Å². The highest BCUT2D eigenvalue weighted by Crippen LogP contribution is 2.09. The van der Waals surface area contributed by atoms with Gasteiger partial charge in [-0.1, -0.05) is 60.7 Å². The van der Waals surface area contributed by atoms with E-state index in [1.165, 1.54) is 0 Å². The number of nitrogens with two attached hydrogens (primary N) is 1. The fraction of sp³-hybridized carbons (Fsp3) is 0.133. The molecule has 0 aliphatic heterocycles. The summed E-state index contributed by atoms with van der Waals surface area (Å²) < 4.78 is 0. The van der Waals surface area contributed by atoms with Crippen molar-refractivity contribution in [1.82, 2.24) is 4.90 Å². The summed E-state index contributed by atoms with van der Waals surface area (Å²) in [5.41, 5.74) is 7.95. The average Bonchev–Trinajstić information content (AvgIpc) is 2.40. The van der Waals surface area contributed by atoms with Crippen molar-refractivity contribution in [1.29, 1.82) is 5.41 Å². The lowest BCUT2D eigenvalue weighted by molar-refractivity contribution is 0.399. The number of benzene rings is 2. The molecule has 3 heteroatoms. The molecule has 0 saturated heterocycles. The minimum atomic E-state index is 0.0997. The molecule has 0 aromatic heterocycles. The smallest absolute Gasteiger partial charge is 0.188 e. The summed E-state index contributed by atoms with van der Waals surface area (Å²) in [6.07, 6.45) is 0. The molecule has 0 atom stereocenters. The second kappa shape index (κ2) is 5.87. The van der Waals surface area contributed by atoms with Crippen LogP contribution in [0.4, 0.5) is 0 Å². The molecule has 0 fully saturated rings. The lowest BCUT2D eigenvalue weighted by Crippen LogP contribution is -2.35. The maximum Gasteiger partial charge on any atom is 0.188 e. The van der Waals surface area contributed by atoms with Crippen molar-refractivity contribution in [2.75, 3.05) is 0 Å². The molecular formula is C15H17N3. The quantitative estimate of drug-likeness (QED) is 0.636. The fourth-order valence-corrected chi connectivity index (χ4v) is 1.83. The van der Waals surface area contributed by atoms with Crippen molar-refractivity contribution >= 4 is 5.96 Å². The Morgan fingerprint density at radius 2 is 1.22 bits per heavy atom. The Kier molecular flexibility index (Phi) is 3.97. The molecule has 0 aliphatic carbocycles. The van der Waals surface area contributed by atoms with Crippen LogP contribution in [-0.2, 0) is 13.1 Å². The minimum absolute atomic E-state index is 0.0997. The van der Waals surface area contributed by atoms with Gasteiger partial charge in [0.15, 0.2) is 5.96 Å². The third-order valence-electron chi connectivity index (χ3n) is 2.77. The Morgan fingerprint density at radius 3 is 1.56 bits per heavy atom. The van der Waals surface area contributed by atoms with Gasteiger partial charge in [-0.05, 0) is 11.1 Å². The molecule has 0 amide bonds. The molecule has 0 unspecified atom stereocenters. The van der Waals surface area contributed by atoms with E-state index in [9.17, 15) is 0 Å². The topological polar surface area (TPSA) is 53.1 Å². The number of rotatable bonds is 4. The van der Waals surface area contributed by atoms with Gasteiger partial charge in [0.25, 0.3) is 0 Å². The largest absolute Gasteiger partial charge is 0.370 e. The van der Waals surface area contributed by atoms with Gasteiger partial charge in [0.05, 0.1) is 0 Å². The predicted octanol–water partition coefficient (Wildman–Crippen LogP) is 2.58. The normalized spacial score (nSPS) is 10.0. The third kappa shape index (κ3) is 3.35. The molecule has 2 rings (SSSR count). The summed E-state index contributed by atoms with van der Waals surface area (Å²) in [6.45, 7) is 1.32. The molecule has 18 heavy (non-hydrogen) atoms. The molecule has 0 saturated carbocycles. The molecule has 0 heterocycles. The van der Waals surface area contributed by atoms with Crippen LogP contribution in [0, 0.1) is 5.41 Å². The van der Waals surface area contributed by atoms with E-state index in [-0.39, 0.29) is 5.96 Å². The van der Waals surface area contributed by atoms with Crippen LogP contribution < -0.4 is 5.73 Å². The van der Waals surface area contributed by atoms with Crippen molar-refractivity contribution in [3.05, 3.63) is 71.8 Å². The van der Waals surface area contributed by atoms with Gasteiger partial charge in [-0.2, -0.15) is 0 Å². The van der Waals surface area contributed by atoms with E-state index in [4.69, 9.17) is 11.1 Å². The van der Waals surface area contributed by atoms with Gasteiger partial charge in [0.1, 0.15) is 0 Å². The number of nitrogens with one attached hydrogen (secondary N) is 1. The van der Waals surface area contributed by atoms with E-state index < -0.39 is 0 Å². The third-order valence-corrected chi connectivity index (χ3v) is 2.77. The van der Waals surface area contributed by atoms with Crippen LogP contribution in [0.5, 0.6) is 0 Å². The number of hydrogen-bond acceptors (Lipinski definition) is 1. The number of guanidine groups is 1. The van der Waals surface area contributed by atoms with E-state index in [0.29, 0.717) is 13.1 Å². The van der Waals surface area contributed by atoms with Crippen molar-refractivity contribution < 1.29 is 0 Å². The van der Waals surface area contributed by atoms with E-state index in [0.717, 1.165) is 11.1 Å². The Balaban J connectivity index is 2.08. The summed E-state index contributed by atoms with van der Waals surface area (Å²) in [4.78, 5) is 1.85. The van der Waals surface area contributed by atoms with Crippen LogP contribution in [0.3, 0.4) is 0 Å². The zero-order valence-electron chi connectivity index (χ0n) is 10.2. The highest BCUT2D eigenvalue weighted by molar-refractivity contribution is 5.74. The van der Waals surface area contributed by atoms with Crippen molar-refractivity contribution in [3.63, 3.8) is 0 Å². The van der Waals surface area contributed by atoms with Crippen molar-refractivity contribution in [2.24, 2.45) is 5.73 Å². The van der Waals surface area contributed by atoms with E-state index in [1.807, 2.05) is 65.6 Å². The van der Waals surface area contributed by atoms with Gasteiger partial charge >= 0.3 is 0 Å². The zero-order chi connectivity index (χ0) is 12.8. The maximum absolute atomic E-state index is 7.65. The number of nitrogens with zero attached hydrogens (tertiary/aromatic N) is 1. The first-order valence-electron chi connectivity index (χ1n) is 5.92. The molecule has 2 aromatic rings. The SMILES string of the molecule is N=C(N)N(Cc1ccccc1)Cc1ccccc1. The van der Waals surface area contributed by atoms with Crippen LogP contribution in [0.25, 0.3) is 0 Å². The molecule has 2 aromatic carbocycles. The van der Waals surface area contributed by atoms with Gasteiger partial charge in [-0.3, -0.25) is 5.41 Å². The van der Waals surface area contributed by atoms with Gasteiger partial charge in [-0.25, -0.2) is 0 Å². The standard InChI is InChI=1S/C15H17N3/c16-15(17)18(11-13-7-3-1-4-8-13)12-14-9-5-2-6-10-14/h1-10H,11-12H2,(H3,16,17). The van der Waals surface area contributed by atoms with E-state index in [2.05, 4.69) is 0 Å². The molecule has 0 radical (unpaired) electrons. The summed E-state index contributed by atoms with van der Waals surface area (Å²) in [6, 6.07) is 20.1. The molecule has 0 aliphatic rings. The van der Waals surface area contributed by atoms with Gasteiger partial charge in [0.2, 0.25) is 0 Å². The average molecular weight is 239 g/mol. The van der Waals surface area contributed by atoms with Crippen molar-refractivity contribution in [2.45, 2.75) is 13.1 Å². The molecule has 3 nitrogen and oxygen atoms in total. The Morgan fingerprint density at radius 1 is 0.833 bits per heavy atom. The zero-order valence-corrected chi connectivity index (χ0v) is 10.2. The Bertz CT molecular complexity index is 452. The molecular weight excluding hydrogens is 222 g/mol. The first kappa shape index (κ1) is 12.2. The highest BCUT2D eigenvalue weighted by atomic mass is 15.2. The maximum atomic E-state index is 7.65. The lowest BCUT2D eigenvalue weighted by atomic mass is 10.2. The van der Waals surface area contributed by atoms with Gasteiger partial charge < -0.3 is 10.6 Å². The minimum Gasteiger partial charge on any atom is -0.370 e. The summed E-state index contributed by atoms with van der Waals surface area (Å²) in [7, 11) is 0. The Labute approximate surface area is 107 Å². The summed E-state index contributed by atoms with van der Waals surface area (Å²) in [5.74, 6) is 0.0997. The second-order valence-electron chi connectivity index (χ2n) is 4.21. The van der Waals surface area contributed by atoms with Crippen LogP contribution >= 0.6 is 0 Å². The highest BCUT2D eigenvalue weighted by Gasteiger charge is 2.07. The van der Waals surface area contributed by atoms with E-state index in [1.54, 1.807) is 0 Å². The molecule has 3 N–H and O–H groups in total. The van der Waals surface area contributed by atoms with Gasteiger partial charge in [-0.15, -0.1) is 0 Å². The monoisotopic (exact) mass is 239 g/mol. The summed E-state index contributed by atoms with van der Waals surface area (Å²) >= 11 is 0. The lowest BCUT2D eigenvalue weighted by Gasteiger charge is -2.22. The fourth-order valence-electron chi connectivity index (χ4n) is 1.83. The number of hydrogen-bond donors (Lipinski definition) is 2. The van der Waals surface area contributed by atoms with Crippen LogP contribution in [-0.4, -0.2) is 10.9 Å². The molecule has 92 valence electrons. The van der Waals surface area contributed by atoms with Crippen LogP contribution in [0.2, 0.25) is 0 Å². The second-order valence-corrected chi connectivity index (χ2v) is 4.21. The first-order chi connectivity index (χ1) is 8.75. The van der Waals surface area contributed by atoms with Crippen LogP contribution in [0.15, 0.2) is 60.7 Å². The predicted molar refractivity (Wildman–Crippen MR) is 74.0 cm³/mol. The first-order valence-corrected chi connectivity index (χ1v) is 5.92. The van der Waals surface area contributed by atoms with Gasteiger partial charge in [0, 0.05) is 13.1 Å². The van der Waals surface area contributed by atoms with Crippen LogP contribution in [0.1, 0.15) is 11.1 Å². The Hall–Kier alpha value is -2.29. The molecule has 0 spiro atoms.